The molecule has 1 unspecified atom stereocenters. The van der Waals surface area contributed by atoms with Crippen LogP contribution in [0.4, 0.5) is 4.39 Å². The molecule has 5 heteroatoms. The van der Waals surface area contributed by atoms with Crippen molar-refractivity contribution in [2.75, 3.05) is 6.54 Å². The predicted octanol–water partition coefficient (Wildman–Crippen LogP) is 5.42. The van der Waals surface area contributed by atoms with Gasteiger partial charge < -0.3 is 5.32 Å². The van der Waals surface area contributed by atoms with Crippen molar-refractivity contribution in [3.63, 3.8) is 0 Å². The number of benzene rings is 1. The van der Waals surface area contributed by atoms with Crippen LogP contribution < -0.4 is 5.32 Å². The molecule has 1 atom stereocenters. The fourth-order valence-corrected chi connectivity index (χ4v) is 4.46. The van der Waals surface area contributed by atoms with E-state index in [1.165, 1.54) is 15.8 Å². The molecule has 1 N–H and O–H groups in total. The third-order valence-corrected chi connectivity index (χ3v) is 5.67. The van der Waals surface area contributed by atoms with Gasteiger partial charge in [-0.15, -0.1) is 11.3 Å². The molecule has 1 aromatic heterocycles. The molecule has 19 heavy (non-hydrogen) atoms. The highest BCUT2D eigenvalue weighted by atomic mass is 79.9. The Bertz CT molecular complexity index is 583. The van der Waals surface area contributed by atoms with Gasteiger partial charge in [0, 0.05) is 14.2 Å². The number of hydrogen-bond acceptors (Lipinski definition) is 2. The SMILES string of the molecule is CCNC(c1cccc(F)c1Br)c1sc(C)cc1Br. The zero-order chi connectivity index (χ0) is 14.0. The minimum absolute atomic E-state index is 0.0110. The number of halogens is 3. The van der Waals surface area contributed by atoms with Crippen molar-refractivity contribution < 1.29 is 4.39 Å². The highest BCUT2D eigenvalue weighted by Crippen LogP contribution is 2.38. The fourth-order valence-electron chi connectivity index (χ4n) is 1.99. The van der Waals surface area contributed by atoms with Crippen molar-refractivity contribution in [3.05, 3.63) is 54.3 Å². The van der Waals surface area contributed by atoms with Gasteiger partial charge in [0.05, 0.1) is 10.5 Å². The second-order valence-electron chi connectivity index (χ2n) is 4.20. The topological polar surface area (TPSA) is 12.0 Å². The zero-order valence-corrected chi connectivity index (χ0v) is 14.6. The maximum absolute atomic E-state index is 13.7. The molecule has 2 rings (SSSR count). The lowest BCUT2D eigenvalue weighted by Crippen LogP contribution is -2.22. The highest BCUT2D eigenvalue weighted by molar-refractivity contribution is 9.10. The van der Waals surface area contributed by atoms with Crippen LogP contribution in [0.2, 0.25) is 0 Å². The normalized spacial score (nSPS) is 12.7. The van der Waals surface area contributed by atoms with Crippen molar-refractivity contribution in [1.29, 1.82) is 0 Å². The number of rotatable bonds is 4. The summed E-state index contributed by atoms with van der Waals surface area (Å²) >= 11 is 8.66. The van der Waals surface area contributed by atoms with Crippen LogP contribution in [0.15, 0.2) is 33.2 Å². The third kappa shape index (κ3) is 3.27. The highest BCUT2D eigenvalue weighted by Gasteiger charge is 2.21. The monoisotopic (exact) mass is 405 g/mol. The fraction of sp³-hybridized carbons (Fsp3) is 0.286. The van der Waals surface area contributed by atoms with E-state index in [1.807, 2.05) is 6.07 Å². The number of aryl methyl sites for hydroxylation is 1. The first-order valence-electron chi connectivity index (χ1n) is 5.97. The molecular formula is C14H14Br2FNS. The predicted molar refractivity (Wildman–Crippen MR) is 86.4 cm³/mol. The molecule has 0 spiro atoms. The van der Waals surface area contributed by atoms with Gasteiger partial charge in [-0.1, -0.05) is 19.1 Å². The van der Waals surface area contributed by atoms with Gasteiger partial charge >= 0.3 is 0 Å². The number of thiophene rings is 1. The number of nitrogens with one attached hydrogen (secondary N) is 1. The molecule has 1 heterocycles. The first kappa shape index (κ1) is 15.2. The minimum Gasteiger partial charge on any atom is -0.306 e. The van der Waals surface area contributed by atoms with Crippen LogP contribution in [0.3, 0.4) is 0 Å². The Hall–Kier alpha value is -0.230. The van der Waals surface area contributed by atoms with E-state index in [0.29, 0.717) is 4.47 Å². The molecule has 0 aliphatic carbocycles. The molecule has 0 aliphatic rings. The van der Waals surface area contributed by atoms with Crippen LogP contribution in [-0.4, -0.2) is 6.54 Å². The van der Waals surface area contributed by atoms with Gasteiger partial charge in [-0.05, 0) is 63.0 Å². The summed E-state index contributed by atoms with van der Waals surface area (Å²) in [6.07, 6.45) is 0. The van der Waals surface area contributed by atoms with Gasteiger partial charge in [0.2, 0.25) is 0 Å². The summed E-state index contributed by atoms with van der Waals surface area (Å²) in [5, 5.41) is 3.42. The molecule has 0 amide bonds. The molecule has 102 valence electrons. The minimum atomic E-state index is -0.232. The van der Waals surface area contributed by atoms with E-state index >= 15 is 0 Å². The van der Waals surface area contributed by atoms with E-state index in [2.05, 4.69) is 57.1 Å². The van der Waals surface area contributed by atoms with Crippen molar-refractivity contribution >= 4 is 43.2 Å². The molecule has 0 fully saturated rings. The van der Waals surface area contributed by atoms with E-state index in [4.69, 9.17) is 0 Å². The Morgan fingerprint density at radius 2 is 2.11 bits per heavy atom. The van der Waals surface area contributed by atoms with Crippen LogP contribution in [0.25, 0.3) is 0 Å². The average Bonchev–Trinajstić information content (AvgIpc) is 2.69. The number of hydrogen-bond donors (Lipinski definition) is 1. The maximum atomic E-state index is 13.7. The summed E-state index contributed by atoms with van der Waals surface area (Å²) in [6.45, 7) is 4.94. The van der Waals surface area contributed by atoms with E-state index in [9.17, 15) is 4.39 Å². The van der Waals surface area contributed by atoms with Crippen molar-refractivity contribution in [2.24, 2.45) is 0 Å². The Kier molecular flexibility index (Phi) is 5.17. The second-order valence-corrected chi connectivity index (χ2v) is 7.14. The second kappa shape index (κ2) is 6.48. The van der Waals surface area contributed by atoms with E-state index in [1.54, 1.807) is 17.4 Å². The van der Waals surface area contributed by atoms with Crippen LogP contribution >= 0.6 is 43.2 Å². The molecule has 0 radical (unpaired) electrons. The summed E-state index contributed by atoms with van der Waals surface area (Å²) in [6, 6.07) is 7.24. The summed E-state index contributed by atoms with van der Waals surface area (Å²) in [4.78, 5) is 2.41. The molecule has 0 saturated carbocycles. The van der Waals surface area contributed by atoms with Crippen molar-refractivity contribution in [1.82, 2.24) is 5.32 Å². The Morgan fingerprint density at radius 1 is 1.37 bits per heavy atom. The van der Waals surface area contributed by atoms with Crippen LogP contribution in [0.1, 0.15) is 28.3 Å². The van der Waals surface area contributed by atoms with Crippen molar-refractivity contribution in [3.8, 4) is 0 Å². The Balaban J connectivity index is 2.51. The molecule has 0 aliphatic heterocycles. The standard InChI is InChI=1S/C14H14Br2FNS/c1-3-18-13(14-10(15)7-8(2)19-14)9-5-4-6-11(17)12(9)16/h4-7,13,18H,3H2,1-2H3. The molecule has 1 nitrogen and oxygen atoms in total. The lowest BCUT2D eigenvalue weighted by atomic mass is 10.1. The van der Waals surface area contributed by atoms with Gasteiger partial charge in [-0.25, -0.2) is 4.39 Å². The largest absolute Gasteiger partial charge is 0.306 e. The van der Waals surface area contributed by atoms with Crippen molar-refractivity contribution in [2.45, 2.75) is 19.9 Å². The molecular weight excluding hydrogens is 393 g/mol. The van der Waals surface area contributed by atoms with Crippen LogP contribution in [0, 0.1) is 12.7 Å². The quantitative estimate of drug-likeness (QED) is 0.714. The summed E-state index contributed by atoms with van der Waals surface area (Å²) in [5.74, 6) is -0.232. The molecule has 2 aromatic rings. The van der Waals surface area contributed by atoms with Crippen LogP contribution in [-0.2, 0) is 0 Å². The van der Waals surface area contributed by atoms with Gasteiger partial charge in [-0.3, -0.25) is 0 Å². The van der Waals surface area contributed by atoms with Gasteiger partial charge in [-0.2, -0.15) is 0 Å². The average molecular weight is 407 g/mol. The zero-order valence-electron chi connectivity index (χ0n) is 10.6. The lowest BCUT2D eigenvalue weighted by molar-refractivity contribution is 0.598. The van der Waals surface area contributed by atoms with E-state index in [0.717, 1.165) is 16.6 Å². The van der Waals surface area contributed by atoms with Gasteiger partial charge in [0.15, 0.2) is 0 Å². The van der Waals surface area contributed by atoms with Gasteiger partial charge in [0.25, 0.3) is 0 Å². The first-order chi connectivity index (χ1) is 9.04. The maximum Gasteiger partial charge on any atom is 0.137 e. The summed E-state index contributed by atoms with van der Waals surface area (Å²) in [7, 11) is 0. The van der Waals surface area contributed by atoms with E-state index in [-0.39, 0.29) is 11.9 Å². The Labute approximate surface area is 133 Å². The molecule has 1 aromatic carbocycles. The third-order valence-electron chi connectivity index (χ3n) is 2.80. The summed E-state index contributed by atoms with van der Waals surface area (Å²) in [5.41, 5.74) is 0.921. The van der Waals surface area contributed by atoms with E-state index < -0.39 is 0 Å². The molecule has 0 saturated heterocycles. The first-order valence-corrected chi connectivity index (χ1v) is 8.38. The lowest BCUT2D eigenvalue weighted by Gasteiger charge is -2.19. The summed E-state index contributed by atoms with van der Waals surface area (Å²) < 4.78 is 15.3. The van der Waals surface area contributed by atoms with Crippen LogP contribution in [0.5, 0.6) is 0 Å². The van der Waals surface area contributed by atoms with Gasteiger partial charge in [0.1, 0.15) is 5.82 Å². The molecule has 0 bridgehead atoms. The smallest absolute Gasteiger partial charge is 0.137 e. The Morgan fingerprint density at radius 3 is 2.68 bits per heavy atom.